The van der Waals surface area contributed by atoms with E-state index in [9.17, 15) is 5.11 Å². The van der Waals surface area contributed by atoms with Crippen molar-refractivity contribution in [1.82, 2.24) is 4.90 Å². The summed E-state index contributed by atoms with van der Waals surface area (Å²) in [5.41, 5.74) is 2.55. The fourth-order valence-electron chi connectivity index (χ4n) is 3.09. The minimum absolute atomic E-state index is 0.481. The fraction of sp³-hybridized carbons (Fsp3) is 0.667. The Balaban J connectivity index is 1.99. The Morgan fingerprint density at radius 1 is 1.33 bits per heavy atom. The van der Waals surface area contributed by atoms with Gasteiger partial charge in [-0.3, -0.25) is 0 Å². The summed E-state index contributed by atoms with van der Waals surface area (Å²) in [7, 11) is 1.66. The average molecular weight is 291 g/mol. The highest BCUT2D eigenvalue weighted by Gasteiger charge is 2.29. The van der Waals surface area contributed by atoms with Crippen LogP contribution in [0.4, 0.5) is 0 Å². The molecular weight excluding hydrogens is 262 g/mol. The minimum atomic E-state index is -0.481. The van der Waals surface area contributed by atoms with Crippen LogP contribution in [0.15, 0.2) is 18.2 Å². The molecule has 0 bridgehead atoms. The molecule has 3 nitrogen and oxygen atoms in total. The monoisotopic (exact) mass is 291 g/mol. The van der Waals surface area contributed by atoms with E-state index in [2.05, 4.69) is 18.7 Å². The van der Waals surface area contributed by atoms with Crippen molar-refractivity contribution in [2.45, 2.75) is 46.1 Å². The van der Waals surface area contributed by atoms with E-state index >= 15 is 0 Å². The first-order chi connectivity index (χ1) is 9.97. The minimum Gasteiger partial charge on any atom is -0.496 e. The molecule has 1 atom stereocenters. The third-order valence-electron chi connectivity index (χ3n) is 5.09. The smallest absolute Gasteiger partial charge is 0.124 e. The second kappa shape index (κ2) is 6.80. The van der Waals surface area contributed by atoms with Crippen molar-refractivity contribution in [1.29, 1.82) is 0 Å². The van der Waals surface area contributed by atoms with E-state index in [0.717, 1.165) is 30.0 Å². The molecule has 1 aromatic rings. The maximum atomic E-state index is 10.6. The van der Waals surface area contributed by atoms with Gasteiger partial charge in [-0.25, -0.2) is 0 Å². The molecule has 1 N–H and O–H groups in total. The van der Waals surface area contributed by atoms with Gasteiger partial charge in [0.15, 0.2) is 0 Å². The summed E-state index contributed by atoms with van der Waals surface area (Å²) in [6.45, 7) is 9.56. The fourth-order valence-corrected chi connectivity index (χ4v) is 3.09. The van der Waals surface area contributed by atoms with Crippen molar-refractivity contribution in [3.8, 4) is 5.75 Å². The van der Waals surface area contributed by atoms with Gasteiger partial charge in [0.2, 0.25) is 0 Å². The van der Waals surface area contributed by atoms with Crippen molar-refractivity contribution in [3.05, 3.63) is 29.3 Å². The lowest BCUT2D eigenvalue weighted by Gasteiger charge is -2.39. The van der Waals surface area contributed by atoms with Gasteiger partial charge in [0.1, 0.15) is 5.75 Å². The van der Waals surface area contributed by atoms with E-state index in [4.69, 9.17) is 4.74 Å². The van der Waals surface area contributed by atoms with Crippen LogP contribution in [0.3, 0.4) is 0 Å². The van der Waals surface area contributed by atoms with Crippen LogP contribution in [0.2, 0.25) is 0 Å². The first-order valence-electron chi connectivity index (χ1n) is 8.02. The van der Waals surface area contributed by atoms with Gasteiger partial charge in [0, 0.05) is 12.1 Å². The molecule has 0 aliphatic carbocycles. The number of benzene rings is 1. The van der Waals surface area contributed by atoms with Gasteiger partial charge < -0.3 is 14.7 Å². The molecule has 1 aliphatic heterocycles. The van der Waals surface area contributed by atoms with Gasteiger partial charge >= 0.3 is 0 Å². The summed E-state index contributed by atoms with van der Waals surface area (Å²) in [4.78, 5) is 2.38. The topological polar surface area (TPSA) is 32.7 Å². The number of rotatable bonds is 5. The van der Waals surface area contributed by atoms with E-state index in [-0.39, 0.29) is 0 Å². The van der Waals surface area contributed by atoms with E-state index in [0.29, 0.717) is 12.0 Å². The van der Waals surface area contributed by atoms with Gasteiger partial charge in [-0.1, -0.05) is 31.9 Å². The van der Waals surface area contributed by atoms with E-state index in [1.54, 1.807) is 7.11 Å². The molecule has 0 saturated carbocycles. The lowest BCUT2D eigenvalue weighted by Crippen LogP contribution is -2.40. The van der Waals surface area contributed by atoms with Crippen LogP contribution >= 0.6 is 0 Å². The van der Waals surface area contributed by atoms with Crippen molar-refractivity contribution >= 4 is 0 Å². The van der Waals surface area contributed by atoms with Crippen LogP contribution in [-0.2, 0) is 0 Å². The molecular formula is C18H29NO2. The zero-order valence-corrected chi connectivity index (χ0v) is 13.9. The van der Waals surface area contributed by atoms with Crippen molar-refractivity contribution in [2.75, 3.05) is 26.7 Å². The Kier molecular flexibility index (Phi) is 5.28. The zero-order valence-electron chi connectivity index (χ0n) is 13.9. The second-order valence-electron chi connectivity index (χ2n) is 6.73. The number of β-amino-alcohol motifs (C(OH)–C–C–N with tert-alkyl or cyclic N) is 1. The number of hydrogen-bond donors (Lipinski definition) is 1. The molecule has 0 spiro atoms. The van der Waals surface area contributed by atoms with Crippen LogP contribution < -0.4 is 4.74 Å². The molecule has 21 heavy (non-hydrogen) atoms. The third-order valence-corrected chi connectivity index (χ3v) is 5.09. The SMILES string of the molecule is CCC1(C)CCN(CC(O)c2cc(C)ccc2OC)CC1. The number of aliphatic hydroxyl groups excluding tert-OH is 1. The molecule has 1 aliphatic rings. The van der Waals surface area contributed by atoms with Crippen molar-refractivity contribution in [2.24, 2.45) is 5.41 Å². The summed E-state index contributed by atoms with van der Waals surface area (Å²) in [6, 6.07) is 5.99. The first-order valence-corrected chi connectivity index (χ1v) is 8.02. The average Bonchev–Trinajstić information content (AvgIpc) is 2.49. The largest absolute Gasteiger partial charge is 0.496 e. The molecule has 1 aromatic carbocycles. The Morgan fingerprint density at radius 2 is 2.00 bits per heavy atom. The molecule has 0 radical (unpaired) electrons. The number of methoxy groups -OCH3 is 1. The normalized spacial score (nSPS) is 20.2. The molecule has 118 valence electrons. The maximum absolute atomic E-state index is 10.6. The van der Waals surface area contributed by atoms with E-state index < -0.39 is 6.10 Å². The Labute approximate surface area is 128 Å². The molecule has 0 amide bonds. The highest BCUT2D eigenvalue weighted by Crippen LogP contribution is 2.35. The van der Waals surface area contributed by atoms with E-state index in [1.165, 1.54) is 19.3 Å². The van der Waals surface area contributed by atoms with Gasteiger partial charge in [0.25, 0.3) is 0 Å². The number of aliphatic hydroxyl groups is 1. The molecule has 1 saturated heterocycles. The van der Waals surface area contributed by atoms with Crippen LogP contribution in [0.1, 0.15) is 50.3 Å². The van der Waals surface area contributed by atoms with E-state index in [1.807, 2.05) is 25.1 Å². The summed E-state index contributed by atoms with van der Waals surface area (Å²) < 4.78 is 5.38. The molecule has 0 aromatic heterocycles. The van der Waals surface area contributed by atoms with Crippen LogP contribution in [0, 0.1) is 12.3 Å². The number of likely N-dealkylation sites (tertiary alicyclic amines) is 1. The maximum Gasteiger partial charge on any atom is 0.124 e. The van der Waals surface area contributed by atoms with Crippen LogP contribution in [0.5, 0.6) is 5.75 Å². The predicted molar refractivity (Wildman–Crippen MR) is 86.8 cm³/mol. The van der Waals surface area contributed by atoms with Crippen LogP contribution in [-0.4, -0.2) is 36.8 Å². The van der Waals surface area contributed by atoms with Crippen molar-refractivity contribution in [3.63, 3.8) is 0 Å². The third kappa shape index (κ3) is 3.98. The number of hydrogen-bond acceptors (Lipinski definition) is 3. The van der Waals surface area contributed by atoms with Gasteiger partial charge in [0.05, 0.1) is 13.2 Å². The second-order valence-corrected chi connectivity index (χ2v) is 6.73. The number of ether oxygens (including phenoxy) is 1. The molecule has 1 unspecified atom stereocenters. The number of nitrogens with zero attached hydrogens (tertiary/aromatic N) is 1. The summed E-state index contributed by atoms with van der Waals surface area (Å²) >= 11 is 0. The summed E-state index contributed by atoms with van der Waals surface area (Å²) in [5.74, 6) is 0.781. The standard InChI is InChI=1S/C18H29NO2/c1-5-18(3)8-10-19(11-9-18)13-16(20)15-12-14(2)6-7-17(15)21-4/h6-7,12,16,20H,5,8-11,13H2,1-4H3. The van der Waals surface area contributed by atoms with Crippen molar-refractivity contribution < 1.29 is 9.84 Å². The highest BCUT2D eigenvalue weighted by molar-refractivity contribution is 5.38. The quantitative estimate of drug-likeness (QED) is 0.900. The number of piperidine rings is 1. The Morgan fingerprint density at radius 3 is 2.57 bits per heavy atom. The molecule has 2 rings (SSSR count). The highest BCUT2D eigenvalue weighted by atomic mass is 16.5. The molecule has 1 heterocycles. The van der Waals surface area contributed by atoms with Crippen LogP contribution in [0.25, 0.3) is 0 Å². The zero-order chi connectivity index (χ0) is 15.5. The number of aryl methyl sites for hydroxylation is 1. The molecule has 1 fully saturated rings. The van der Waals surface area contributed by atoms with Gasteiger partial charge in [-0.15, -0.1) is 0 Å². The Hall–Kier alpha value is -1.06. The first kappa shape index (κ1) is 16.3. The molecule has 3 heteroatoms. The lowest BCUT2D eigenvalue weighted by atomic mass is 9.78. The van der Waals surface area contributed by atoms with Gasteiger partial charge in [-0.2, -0.15) is 0 Å². The predicted octanol–water partition coefficient (Wildman–Crippen LogP) is 3.55. The Bertz CT molecular complexity index is 464. The lowest BCUT2D eigenvalue weighted by molar-refractivity contribution is 0.0616. The summed E-state index contributed by atoms with van der Waals surface area (Å²) in [5, 5.41) is 10.6. The summed E-state index contributed by atoms with van der Waals surface area (Å²) in [6.07, 6.45) is 3.21. The van der Waals surface area contributed by atoms with Gasteiger partial charge in [-0.05, 0) is 50.4 Å².